The van der Waals surface area contributed by atoms with Gasteiger partial charge in [-0.05, 0) is 37.1 Å². The highest BCUT2D eigenvalue weighted by molar-refractivity contribution is 8.09. The number of hydrogen-bond acceptors (Lipinski definition) is 4. The van der Waals surface area contributed by atoms with Crippen molar-refractivity contribution in [3.63, 3.8) is 0 Å². The van der Waals surface area contributed by atoms with Crippen LogP contribution < -0.4 is 0 Å². The van der Waals surface area contributed by atoms with Crippen molar-refractivity contribution in [2.24, 2.45) is 0 Å². The Hall–Kier alpha value is -0.840. The molecule has 10 heteroatoms. The van der Waals surface area contributed by atoms with Crippen molar-refractivity contribution in [2.75, 3.05) is 13.2 Å². The predicted molar refractivity (Wildman–Crippen MR) is 91.2 cm³/mol. The van der Waals surface area contributed by atoms with E-state index in [1.807, 2.05) is 0 Å². The molecule has 2 N–H and O–H groups in total. The fourth-order valence-corrected chi connectivity index (χ4v) is 7.14. The molecule has 2 atom stereocenters. The highest BCUT2D eigenvalue weighted by Crippen LogP contribution is 2.73. The minimum atomic E-state index is -5.59. The fourth-order valence-electron chi connectivity index (χ4n) is 4.21. The van der Waals surface area contributed by atoms with Crippen LogP contribution in [0.25, 0.3) is 0 Å². The molecule has 2 aliphatic carbocycles. The summed E-state index contributed by atoms with van der Waals surface area (Å²) in [5, 5.41) is 18.9. The Balaban J connectivity index is 2.16. The van der Waals surface area contributed by atoms with Crippen LogP contribution in [0.3, 0.4) is 0 Å². The van der Waals surface area contributed by atoms with E-state index < -0.39 is 51.6 Å². The summed E-state index contributed by atoms with van der Waals surface area (Å²) in [5.74, 6) is -15.7. The number of fused-ring (bicyclic) bond motifs is 4. The molecule has 0 aromatic rings. The van der Waals surface area contributed by atoms with Crippen LogP contribution >= 0.6 is 23.5 Å². The maximum atomic E-state index is 14.7. The van der Waals surface area contributed by atoms with Crippen molar-refractivity contribution >= 4 is 23.5 Å². The summed E-state index contributed by atoms with van der Waals surface area (Å²) in [5.41, 5.74) is -3.36. The summed E-state index contributed by atoms with van der Waals surface area (Å²) >= 11 is 1.99. The average molecular weight is 428 g/mol. The Kier molecular flexibility index (Phi) is 3.75. The van der Waals surface area contributed by atoms with Crippen molar-refractivity contribution in [1.82, 2.24) is 0 Å². The van der Waals surface area contributed by atoms with E-state index in [1.165, 1.54) is 13.8 Å². The minimum absolute atomic E-state index is 0.231. The van der Waals surface area contributed by atoms with Gasteiger partial charge >= 0.3 is 17.8 Å². The van der Waals surface area contributed by atoms with Gasteiger partial charge in [-0.1, -0.05) is 0 Å². The predicted octanol–water partition coefficient (Wildman–Crippen LogP) is 4.28. The van der Waals surface area contributed by atoms with E-state index in [9.17, 15) is 36.6 Å². The molecule has 0 saturated heterocycles. The van der Waals surface area contributed by atoms with Crippen molar-refractivity contribution in [3.8, 4) is 0 Å². The first-order valence-corrected chi connectivity index (χ1v) is 9.58. The van der Waals surface area contributed by atoms with Crippen LogP contribution in [0.2, 0.25) is 0 Å². The van der Waals surface area contributed by atoms with E-state index in [0.29, 0.717) is 0 Å². The zero-order valence-electron chi connectivity index (χ0n) is 14.0. The molecule has 4 rings (SSSR count). The number of aliphatic hydroxyl groups excluding tert-OH is 2. The normalized spacial score (nSPS) is 37.9. The third-order valence-corrected chi connectivity index (χ3v) is 8.96. The van der Waals surface area contributed by atoms with E-state index >= 15 is 0 Å². The van der Waals surface area contributed by atoms with Crippen molar-refractivity contribution < 1.29 is 36.6 Å². The summed E-state index contributed by atoms with van der Waals surface area (Å²) in [4.78, 5) is 0.461. The molecule has 0 bridgehead atoms. The molecule has 27 heavy (non-hydrogen) atoms. The lowest BCUT2D eigenvalue weighted by molar-refractivity contribution is -0.258. The van der Waals surface area contributed by atoms with E-state index in [0.717, 1.165) is 35.7 Å². The SMILES string of the molecule is C[C@]12SC(CO)=CC1=C1C(=C3C=C(CO)S[C@@]32C)C(F)(F)C(F)(F)C1(F)F. The van der Waals surface area contributed by atoms with Crippen molar-refractivity contribution in [3.05, 3.63) is 44.3 Å². The molecule has 0 radical (unpaired) electrons. The standard InChI is InChI=1S/C17H14F6O2S2/c1-13-9(3-7(5-24)26-13)11-12(10-4-8(6-25)27-14(10,13)2)16(20,21)17(22,23)15(11,18)19/h3-4,24-25H,5-6H2,1-2H3/t13-,14-/m0/s1. The van der Waals surface area contributed by atoms with Crippen LogP contribution in [0.5, 0.6) is 0 Å². The maximum absolute atomic E-state index is 14.7. The summed E-state index contributed by atoms with van der Waals surface area (Å²) < 4.78 is 84.4. The fraction of sp³-hybridized carbons (Fsp3) is 0.529. The van der Waals surface area contributed by atoms with Gasteiger partial charge in [0.1, 0.15) is 0 Å². The highest BCUT2D eigenvalue weighted by atomic mass is 32.2. The lowest BCUT2D eigenvalue weighted by atomic mass is 9.71. The summed E-state index contributed by atoms with van der Waals surface area (Å²) in [6.45, 7) is 1.98. The Morgan fingerprint density at radius 3 is 1.37 bits per heavy atom. The van der Waals surface area contributed by atoms with Gasteiger partial charge in [0.2, 0.25) is 0 Å². The lowest BCUT2D eigenvalue weighted by Gasteiger charge is -2.47. The van der Waals surface area contributed by atoms with Gasteiger partial charge in [-0.2, -0.15) is 26.3 Å². The molecule has 2 heterocycles. The Labute approximate surface area is 159 Å². The van der Waals surface area contributed by atoms with Gasteiger partial charge in [-0.15, -0.1) is 23.5 Å². The van der Waals surface area contributed by atoms with Gasteiger partial charge in [0.05, 0.1) is 22.7 Å². The van der Waals surface area contributed by atoms with E-state index in [2.05, 4.69) is 0 Å². The number of halogens is 6. The number of aliphatic hydroxyl groups is 2. The molecular weight excluding hydrogens is 414 g/mol. The number of hydrogen-bond donors (Lipinski definition) is 2. The first-order valence-electron chi connectivity index (χ1n) is 7.94. The highest BCUT2D eigenvalue weighted by Gasteiger charge is 2.84. The molecule has 2 aliphatic heterocycles. The third-order valence-electron chi connectivity index (χ3n) is 5.74. The van der Waals surface area contributed by atoms with Crippen LogP contribution in [-0.2, 0) is 0 Å². The minimum Gasteiger partial charge on any atom is -0.391 e. The van der Waals surface area contributed by atoms with Crippen LogP contribution in [-0.4, -0.2) is 50.7 Å². The molecule has 1 fully saturated rings. The first-order chi connectivity index (χ1) is 12.3. The second kappa shape index (κ2) is 5.20. The monoisotopic (exact) mass is 428 g/mol. The molecular formula is C17H14F6O2S2. The molecule has 0 spiro atoms. The van der Waals surface area contributed by atoms with Gasteiger partial charge in [-0.3, -0.25) is 0 Å². The van der Waals surface area contributed by atoms with Gasteiger partial charge in [0.25, 0.3) is 0 Å². The number of alkyl halides is 6. The Morgan fingerprint density at radius 1 is 0.741 bits per heavy atom. The molecule has 0 aromatic carbocycles. The van der Waals surface area contributed by atoms with E-state index in [-0.39, 0.29) is 21.0 Å². The molecule has 2 nitrogen and oxygen atoms in total. The molecule has 0 aromatic heterocycles. The summed E-state index contributed by atoms with van der Waals surface area (Å²) in [7, 11) is 0. The van der Waals surface area contributed by atoms with Crippen molar-refractivity contribution in [1.29, 1.82) is 0 Å². The average Bonchev–Trinajstić information content (AvgIpc) is 3.13. The zero-order valence-corrected chi connectivity index (χ0v) is 15.7. The number of allylic oxidation sites excluding steroid dienone is 4. The van der Waals surface area contributed by atoms with Crippen LogP contribution in [0.15, 0.2) is 44.3 Å². The topological polar surface area (TPSA) is 40.5 Å². The molecule has 148 valence electrons. The van der Waals surface area contributed by atoms with Gasteiger partial charge in [-0.25, -0.2) is 0 Å². The summed E-state index contributed by atoms with van der Waals surface area (Å²) in [6.07, 6.45) is 2.23. The van der Waals surface area contributed by atoms with Gasteiger partial charge in [0.15, 0.2) is 0 Å². The van der Waals surface area contributed by atoms with Crippen LogP contribution in [0.1, 0.15) is 13.8 Å². The van der Waals surface area contributed by atoms with Crippen molar-refractivity contribution in [2.45, 2.75) is 41.1 Å². The first kappa shape index (κ1) is 19.5. The quantitative estimate of drug-likeness (QED) is 0.645. The smallest absolute Gasteiger partial charge is 0.380 e. The van der Waals surface area contributed by atoms with Crippen LogP contribution in [0, 0.1) is 0 Å². The van der Waals surface area contributed by atoms with Crippen LogP contribution in [0.4, 0.5) is 26.3 Å². The summed E-state index contributed by atoms with van der Waals surface area (Å²) in [6, 6.07) is 0. The molecule has 0 unspecified atom stereocenters. The number of rotatable bonds is 2. The largest absolute Gasteiger partial charge is 0.391 e. The number of thioether (sulfide) groups is 2. The molecule has 4 aliphatic rings. The zero-order chi connectivity index (χ0) is 20.2. The Morgan fingerprint density at radius 2 is 1.07 bits per heavy atom. The van der Waals surface area contributed by atoms with E-state index in [4.69, 9.17) is 0 Å². The third kappa shape index (κ3) is 1.91. The molecule has 1 saturated carbocycles. The second-order valence-corrected chi connectivity index (χ2v) is 10.2. The van der Waals surface area contributed by atoms with E-state index in [1.54, 1.807) is 0 Å². The van der Waals surface area contributed by atoms with Gasteiger partial charge in [0, 0.05) is 21.0 Å². The van der Waals surface area contributed by atoms with Gasteiger partial charge < -0.3 is 10.2 Å². The maximum Gasteiger partial charge on any atom is 0.380 e. The second-order valence-electron chi connectivity index (χ2n) is 7.11. The Bertz CT molecular complexity index is 818. The lowest BCUT2D eigenvalue weighted by Crippen LogP contribution is -2.49. The molecule has 0 amide bonds.